The number of carbonyl (C=O) groups excluding carboxylic acids is 1. The van der Waals surface area contributed by atoms with Gasteiger partial charge in [0.15, 0.2) is 27.3 Å². The summed E-state index contributed by atoms with van der Waals surface area (Å²) in [6.45, 7) is 1.94. The van der Waals surface area contributed by atoms with E-state index in [1.54, 1.807) is 6.92 Å². The summed E-state index contributed by atoms with van der Waals surface area (Å²) in [4.78, 5) is 12.4. The summed E-state index contributed by atoms with van der Waals surface area (Å²) in [5.74, 6) is -6.00. The van der Waals surface area contributed by atoms with Crippen molar-refractivity contribution in [2.24, 2.45) is 11.8 Å². The van der Waals surface area contributed by atoms with E-state index in [1.165, 1.54) is 12.1 Å². The molecule has 36 heavy (non-hydrogen) atoms. The van der Waals surface area contributed by atoms with Crippen LogP contribution in [0.1, 0.15) is 36.5 Å². The van der Waals surface area contributed by atoms with Gasteiger partial charge in [-0.1, -0.05) is 11.6 Å². The molecule has 0 radical (unpaired) electrons. The number of fused-ring (bicyclic) bond motifs is 2. The minimum atomic E-state index is -3.98. The zero-order valence-corrected chi connectivity index (χ0v) is 20.8. The van der Waals surface area contributed by atoms with Crippen LogP contribution in [0.2, 0.25) is 5.02 Å². The van der Waals surface area contributed by atoms with Crippen molar-refractivity contribution in [2.45, 2.75) is 48.0 Å². The first-order valence-corrected chi connectivity index (χ1v) is 13.3. The predicted octanol–water partition coefficient (Wildman–Crippen LogP) is 3.28. The fraction of sp³-hybridized carbons (Fsp3) is 0.458. The van der Waals surface area contributed by atoms with Gasteiger partial charge in [0.25, 0.3) is 5.91 Å². The van der Waals surface area contributed by atoms with Gasteiger partial charge >= 0.3 is 0 Å². The molecule has 0 aromatic heterocycles. The molecule has 1 amide bonds. The molecule has 7 nitrogen and oxygen atoms in total. The van der Waals surface area contributed by atoms with E-state index < -0.39 is 44.0 Å². The lowest BCUT2D eigenvalue weighted by Gasteiger charge is -2.58. The Balaban J connectivity index is 1.51. The van der Waals surface area contributed by atoms with Crippen molar-refractivity contribution in [3.8, 4) is 0 Å². The standard InChI is InChI=1S/C24H26ClF3N2O5S/c1-12(10-31)29-11-24(33)14-5-15(24)7-17(6-14)36(34,35)21-4-13(2-3-18(21)25)23(32)30-16-8-19(26)22(28)20(27)9-16/h2-4,8-9,12,14-15,17,29,31,33H,5-7,10-11H2,1H3,(H,30,32). The van der Waals surface area contributed by atoms with E-state index in [9.17, 15) is 36.6 Å². The summed E-state index contributed by atoms with van der Waals surface area (Å²) in [6.07, 6.45) is 1.12. The van der Waals surface area contributed by atoms with Crippen LogP contribution in [-0.4, -0.2) is 54.6 Å². The molecule has 2 aromatic rings. The maximum absolute atomic E-state index is 13.5. The van der Waals surface area contributed by atoms with Crippen LogP contribution < -0.4 is 10.6 Å². The lowest BCUT2D eigenvalue weighted by Crippen LogP contribution is -2.66. The first-order chi connectivity index (χ1) is 16.9. The van der Waals surface area contributed by atoms with Crippen LogP contribution in [0.3, 0.4) is 0 Å². The Hall–Kier alpha value is -2.18. The number of carbonyl (C=O) groups is 1. The van der Waals surface area contributed by atoms with Gasteiger partial charge in [-0.2, -0.15) is 0 Å². The summed E-state index contributed by atoms with van der Waals surface area (Å²) >= 11 is 6.19. The Bertz CT molecular complexity index is 1260. The average Bonchev–Trinajstić information content (AvgIpc) is 2.85. The highest BCUT2D eigenvalue weighted by Crippen LogP contribution is 2.55. The van der Waals surface area contributed by atoms with Gasteiger partial charge in [-0.15, -0.1) is 0 Å². The van der Waals surface area contributed by atoms with Crippen LogP contribution in [0, 0.1) is 29.3 Å². The number of aliphatic hydroxyl groups excluding tert-OH is 1. The van der Waals surface area contributed by atoms with Gasteiger partial charge in [0.1, 0.15) is 0 Å². The topological polar surface area (TPSA) is 116 Å². The number of aliphatic hydroxyl groups is 2. The van der Waals surface area contributed by atoms with E-state index >= 15 is 0 Å². The molecule has 5 rings (SSSR count). The largest absolute Gasteiger partial charge is 0.395 e. The Morgan fingerprint density at radius 1 is 1.14 bits per heavy atom. The predicted molar refractivity (Wildman–Crippen MR) is 127 cm³/mol. The molecule has 3 aliphatic carbocycles. The Morgan fingerprint density at radius 2 is 1.75 bits per heavy atom. The number of hydrogen-bond acceptors (Lipinski definition) is 6. The molecule has 4 N–H and O–H groups in total. The highest BCUT2D eigenvalue weighted by atomic mass is 35.5. The molecule has 3 fully saturated rings. The zero-order valence-electron chi connectivity index (χ0n) is 19.3. The second kappa shape index (κ2) is 9.94. The molecule has 0 heterocycles. The van der Waals surface area contributed by atoms with E-state index in [0.29, 0.717) is 18.6 Å². The van der Waals surface area contributed by atoms with E-state index in [2.05, 4.69) is 10.6 Å². The summed E-state index contributed by atoms with van der Waals surface area (Å²) in [6, 6.07) is 4.61. The number of rotatable bonds is 8. The first-order valence-electron chi connectivity index (χ1n) is 11.4. The third kappa shape index (κ3) is 4.87. The van der Waals surface area contributed by atoms with Gasteiger partial charge < -0.3 is 20.8 Å². The maximum Gasteiger partial charge on any atom is 0.255 e. The second-order valence-electron chi connectivity index (χ2n) is 9.58. The molecule has 3 atom stereocenters. The highest BCUT2D eigenvalue weighted by molar-refractivity contribution is 7.92. The van der Waals surface area contributed by atoms with Crippen LogP contribution in [0.4, 0.5) is 18.9 Å². The van der Waals surface area contributed by atoms with Gasteiger partial charge in [0.2, 0.25) is 0 Å². The van der Waals surface area contributed by atoms with Crippen molar-refractivity contribution in [2.75, 3.05) is 18.5 Å². The molecule has 12 heteroatoms. The number of hydrogen-bond donors (Lipinski definition) is 4. The molecule has 3 aliphatic rings. The molecule has 2 bridgehead atoms. The van der Waals surface area contributed by atoms with Crippen molar-refractivity contribution in [3.05, 3.63) is 58.4 Å². The molecule has 0 aliphatic heterocycles. The number of amides is 1. The summed E-state index contributed by atoms with van der Waals surface area (Å²) < 4.78 is 67.1. The average molecular weight is 547 g/mol. The molecule has 2 aromatic carbocycles. The number of benzene rings is 2. The van der Waals surface area contributed by atoms with Gasteiger partial charge in [0, 0.05) is 36.0 Å². The molecule has 0 saturated heterocycles. The molecular weight excluding hydrogens is 521 g/mol. The molecule has 3 saturated carbocycles. The van der Waals surface area contributed by atoms with Gasteiger partial charge in [-0.25, -0.2) is 21.6 Å². The molecule has 196 valence electrons. The smallest absolute Gasteiger partial charge is 0.255 e. The summed E-state index contributed by atoms with van der Waals surface area (Å²) in [5.41, 5.74) is -1.52. The van der Waals surface area contributed by atoms with E-state index in [-0.39, 0.29) is 65.0 Å². The lowest BCUT2D eigenvalue weighted by atomic mass is 9.53. The maximum atomic E-state index is 13.5. The van der Waals surface area contributed by atoms with Crippen LogP contribution in [-0.2, 0) is 9.84 Å². The Kier molecular flexibility index (Phi) is 7.42. The van der Waals surface area contributed by atoms with Crippen LogP contribution >= 0.6 is 11.6 Å². The van der Waals surface area contributed by atoms with Crippen molar-refractivity contribution < 1.29 is 36.6 Å². The van der Waals surface area contributed by atoms with E-state index in [0.717, 1.165) is 6.07 Å². The first kappa shape index (κ1) is 26.9. The number of halogens is 4. The fourth-order valence-corrected chi connectivity index (χ4v) is 7.48. The third-order valence-electron chi connectivity index (χ3n) is 7.27. The molecular formula is C24H26ClF3N2O5S. The highest BCUT2D eigenvalue weighted by Gasteiger charge is 2.59. The van der Waals surface area contributed by atoms with Gasteiger partial charge in [-0.3, -0.25) is 4.79 Å². The summed E-state index contributed by atoms with van der Waals surface area (Å²) in [7, 11) is -3.98. The minimum Gasteiger partial charge on any atom is -0.395 e. The van der Waals surface area contributed by atoms with Crippen molar-refractivity contribution >= 4 is 33.0 Å². The number of nitrogens with one attached hydrogen (secondary N) is 2. The fourth-order valence-electron chi connectivity index (χ4n) is 5.07. The number of sulfone groups is 1. The van der Waals surface area contributed by atoms with Gasteiger partial charge in [-0.05, 0) is 56.2 Å². The molecule has 0 spiro atoms. The van der Waals surface area contributed by atoms with Crippen molar-refractivity contribution in [3.63, 3.8) is 0 Å². The van der Waals surface area contributed by atoms with Crippen LogP contribution in [0.25, 0.3) is 0 Å². The normalized spacial score (nSPS) is 26.2. The zero-order chi connectivity index (χ0) is 26.4. The molecule has 3 unspecified atom stereocenters. The Labute approximate surface area is 211 Å². The Morgan fingerprint density at radius 3 is 2.33 bits per heavy atom. The van der Waals surface area contributed by atoms with Crippen LogP contribution in [0.5, 0.6) is 0 Å². The SMILES string of the molecule is CC(CO)NCC1(O)C2CC1CC(S(=O)(=O)c1cc(C(=O)Nc3cc(F)c(F)c(F)c3)ccc1Cl)C2. The van der Waals surface area contributed by atoms with Crippen LogP contribution in [0.15, 0.2) is 35.2 Å². The lowest BCUT2D eigenvalue weighted by molar-refractivity contribution is -0.173. The van der Waals surface area contributed by atoms with Gasteiger partial charge in [0.05, 0.1) is 27.4 Å². The van der Waals surface area contributed by atoms with Crippen molar-refractivity contribution in [1.29, 1.82) is 0 Å². The van der Waals surface area contributed by atoms with E-state index in [1.807, 2.05) is 0 Å². The second-order valence-corrected chi connectivity index (χ2v) is 12.2. The number of anilines is 1. The monoisotopic (exact) mass is 546 g/mol. The third-order valence-corrected chi connectivity index (χ3v) is 9.92. The van der Waals surface area contributed by atoms with Crippen molar-refractivity contribution in [1.82, 2.24) is 5.32 Å². The summed E-state index contributed by atoms with van der Waals surface area (Å²) in [5, 5.41) is 24.6. The van der Waals surface area contributed by atoms with E-state index in [4.69, 9.17) is 11.6 Å². The quantitative estimate of drug-likeness (QED) is 0.378. The minimum absolute atomic E-state index is 0.0848.